The number of carbonyl (C=O) groups is 2. The van der Waals surface area contributed by atoms with Crippen molar-refractivity contribution in [3.05, 3.63) is 155 Å². The van der Waals surface area contributed by atoms with Gasteiger partial charge in [0, 0.05) is 51.9 Å². The Morgan fingerprint density at radius 1 is 0.737 bits per heavy atom. The lowest BCUT2D eigenvalue weighted by molar-refractivity contribution is -0.192. The van der Waals surface area contributed by atoms with Crippen LogP contribution >= 0.6 is 0 Å². The van der Waals surface area contributed by atoms with Crippen molar-refractivity contribution in [1.29, 1.82) is 0 Å². The summed E-state index contributed by atoms with van der Waals surface area (Å²) in [6, 6.07) is 44.5. The molecular weight excluding hydrogens is 734 g/mol. The highest BCUT2D eigenvalue weighted by molar-refractivity contribution is 5.76. The minimum absolute atomic E-state index is 0.0127. The molecule has 0 saturated carbocycles. The minimum atomic E-state index is -5.08. The second-order valence-electron chi connectivity index (χ2n) is 14.0. The summed E-state index contributed by atoms with van der Waals surface area (Å²) in [5, 5.41) is 14.0. The average Bonchev–Trinajstić information content (AvgIpc) is 3.70. The first-order valence-electron chi connectivity index (χ1n) is 19.0. The molecule has 0 spiro atoms. The first-order valence-corrected chi connectivity index (χ1v) is 19.0. The number of carboxylic acid groups (broad SMARTS) is 1. The summed E-state index contributed by atoms with van der Waals surface area (Å²) in [5.41, 5.74) is 8.40. The van der Waals surface area contributed by atoms with Crippen LogP contribution in [-0.2, 0) is 37.4 Å². The van der Waals surface area contributed by atoms with Gasteiger partial charge in [0.25, 0.3) is 0 Å². The van der Waals surface area contributed by atoms with Gasteiger partial charge in [0.05, 0.1) is 0 Å². The van der Waals surface area contributed by atoms with Gasteiger partial charge in [-0.15, -0.1) is 0 Å². The Morgan fingerprint density at radius 3 is 2.05 bits per heavy atom. The zero-order chi connectivity index (χ0) is 40.0. The number of nitrogens with zero attached hydrogens (tertiary/aromatic N) is 2. The molecule has 298 valence electrons. The van der Waals surface area contributed by atoms with E-state index in [2.05, 4.69) is 117 Å². The predicted octanol–water partition coefficient (Wildman–Crippen LogP) is 8.42. The van der Waals surface area contributed by atoms with E-state index in [1.807, 2.05) is 30.3 Å². The van der Waals surface area contributed by atoms with E-state index in [0.29, 0.717) is 13.1 Å². The molecule has 2 aliphatic rings. The highest BCUT2D eigenvalue weighted by Gasteiger charge is 2.38. The number of hydrogen-bond acceptors (Lipinski definition) is 6. The average molecular weight is 781 g/mol. The largest absolute Gasteiger partial charge is 0.490 e. The first kappa shape index (κ1) is 40.8. The fourth-order valence-electron chi connectivity index (χ4n) is 7.03. The van der Waals surface area contributed by atoms with Gasteiger partial charge in [-0.1, -0.05) is 109 Å². The number of alkyl halides is 3. The summed E-state index contributed by atoms with van der Waals surface area (Å²) < 4.78 is 42.7. The van der Waals surface area contributed by atoms with Crippen LogP contribution in [0.15, 0.2) is 127 Å². The topological polar surface area (TPSA) is 103 Å². The molecule has 9 nitrogen and oxygen atoms in total. The molecule has 2 aliphatic heterocycles. The summed E-state index contributed by atoms with van der Waals surface area (Å²) in [6.07, 6.45) is -2.38. The molecule has 1 saturated heterocycles. The third kappa shape index (κ3) is 12.1. The molecular formula is C45H47F3N4O5. The summed E-state index contributed by atoms with van der Waals surface area (Å²) in [6.45, 7) is 5.80. The summed E-state index contributed by atoms with van der Waals surface area (Å²) >= 11 is 0. The third-order valence-corrected chi connectivity index (χ3v) is 9.97. The van der Waals surface area contributed by atoms with Gasteiger partial charge in [0.2, 0.25) is 6.79 Å². The molecule has 1 fully saturated rings. The molecule has 12 heteroatoms. The van der Waals surface area contributed by atoms with E-state index >= 15 is 0 Å². The normalized spacial score (nSPS) is 14.0. The number of benzene rings is 5. The summed E-state index contributed by atoms with van der Waals surface area (Å²) in [5.74, 6) is -1.15. The number of nitrogens with one attached hydrogen (secondary N) is 2. The molecule has 0 radical (unpaired) electrons. The number of amides is 2. The van der Waals surface area contributed by atoms with Gasteiger partial charge < -0.3 is 30.1 Å². The van der Waals surface area contributed by atoms with Gasteiger partial charge in [0.1, 0.15) is 0 Å². The Morgan fingerprint density at radius 2 is 1.35 bits per heavy atom. The zero-order valence-electron chi connectivity index (χ0n) is 31.6. The van der Waals surface area contributed by atoms with Crippen LogP contribution < -0.4 is 20.1 Å². The Bertz CT molecular complexity index is 2060. The molecule has 0 aliphatic carbocycles. The number of carboxylic acids is 1. The van der Waals surface area contributed by atoms with E-state index in [0.717, 1.165) is 85.7 Å². The number of aliphatic carboxylic acids is 1. The van der Waals surface area contributed by atoms with Crippen LogP contribution in [0.25, 0.3) is 11.1 Å². The SMILES string of the molecule is O=C(NCCc1ccccc1)N(Cc1ccccc1-c1cccc(CNCc2ccc3c(c2)OCO3)c1)C1CCN(Cc2ccccc2)CC1.O=C(O)C(F)(F)F. The number of rotatable bonds is 13. The highest BCUT2D eigenvalue weighted by Crippen LogP contribution is 2.33. The quantitative estimate of drug-likeness (QED) is 0.110. The fraction of sp³-hybridized carbons (Fsp3) is 0.289. The Labute approximate surface area is 331 Å². The molecule has 3 N–H and O–H groups in total. The standard InChI is InChI=1S/C43H46N4O3.C2HF3O2/c48-43(45-23-20-33-10-3-1-4-11-33)47(39-21-24-46(25-22-39)30-34-12-5-2-6-13-34)31-38-15-7-8-17-40(38)37-16-9-14-35(26-37)28-44-29-36-18-19-41-42(27-36)50-32-49-41;3-2(4,5)1(6)7/h1-19,26-27,39,44H,20-25,28-32H2,(H,45,48);(H,6,7). The van der Waals surface area contributed by atoms with E-state index in [1.54, 1.807) is 0 Å². The minimum Gasteiger partial charge on any atom is -0.475 e. The summed E-state index contributed by atoms with van der Waals surface area (Å²) in [7, 11) is 0. The van der Waals surface area contributed by atoms with Gasteiger partial charge in [-0.25, -0.2) is 9.59 Å². The van der Waals surface area contributed by atoms with Gasteiger partial charge in [-0.3, -0.25) is 4.90 Å². The van der Waals surface area contributed by atoms with Gasteiger partial charge in [0.15, 0.2) is 11.5 Å². The van der Waals surface area contributed by atoms with Crippen LogP contribution in [0.5, 0.6) is 11.5 Å². The number of ether oxygens (including phenoxy) is 2. The van der Waals surface area contributed by atoms with E-state index in [-0.39, 0.29) is 18.9 Å². The van der Waals surface area contributed by atoms with Crippen molar-refractivity contribution < 1.29 is 37.3 Å². The van der Waals surface area contributed by atoms with Crippen LogP contribution in [0.1, 0.15) is 40.7 Å². The van der Waals surface area contributed by atoms with Crippen molar-refractivity contribution in [2.45, 2.75) is 57.7 Å². The fourth-order valence-corrected chi connectivity index (χ4v) is 7.03. The van der Waals surface area contributed by atoms with Crippen LogP contribution in [0.4, 0.5) is 18.0 Å². The van der Waals surface area contributed by atoms with Crippen LogP contribution in [0, 0.1) is 0 Å². The first-order chi connectivity index (χ1) is 27.6. The smallest absolute Gasteiger partial charge is 0.475 e. The molecule has 7 rings (SSSR count). The molecule has 2 amide bonds. The van der Waals surface area contributed by atoms with E-state index in [4.69, 9.17) is 19.4 Å². The van der Waals surface area contributed by atoms with Crippen molar-refractivity contribution in [3.63, 3.8) is 0 Å². The monoisotopic (exact) mass is 780 g/mol. The number of likely N-dealkylation sites (tertiary alicyclic amines) is 1. The lowest BCUT2D eigenvalue weighted by Crippen LogP contribution is -2.50. The third-order valence-electron chi connectivity index (χ3n) is 9.97. The Hall–Kier alpha value is -5.85. The molecule has 57 heavy (non-hydrogen) atoms. The lowest BCUT2D eigenvalue weighted by Gasteiger charge is -2.39. The van der Waals surface area contributed by atoms with Gasteiger partial charge in [-0.2, -0.15) is 13.2 Å². The number of halogens is 3. The van der Waals surface area contributed by atoms with Crippen LogP contribution in [-0.4, -0.2) is 65.6 Å². The van der Waals surface area contributed by atoms with Crippen molar-refractivity contribution >= 4 is 12.0 Å². The number of carbonyl (C=O) groups excluding carboxylic acids is 1. The zero-order valence-corrected chi connectivity index (χ0v) is 31.6. The molecule has 5 aromatic carbocycles. The number of fused-ring (bicyclic) bond motifs is 1. The number of urea groups is 1. The van der Waals surface area contributed by atoms with Crippen molar-refractivity contribution in [1.82, 2.24) is 20.4 Å². The number of hydrogen-bond donors (Lipinski definition) is 3. The number of piperidine rings is 1. The highest BCUT2D eigenvalue weighted by atomic mass is 19.4. The maximum absolute atomic E-state index is 14.0. The molecule has 5 aromatic rings. The Balaban J connectivity index is 0.000000719. The second kappa shape index (κ2) is 19.8. The molecule has 0 bridgehead atoms. The van der Waals surface area contributed by atoms with Crippen molar-refractivity contribution in [2.75, 3.05) is 26.4 Å². The van der Waals surface area contributed by atoms with Gasteiger partial charge >= 0.3 is 18.2 Å². The Kier molecular flexibility index (Phi) is 14.2. The maximum atomic E-state index is 14.0. The van der Waals surface area contributed by atoms with E-state index < -0.39 is 12.1 Å². The van der Waals surface area contributed by atoms with E-state index in [9.17, 15) is 18.0 Å². The maximum Gasteiger partial charge on any atom is 0.490 e. The van der Waals surface area contributed by atoms with Crippen LogP contribution in [0.2, 0.25) is 0 Å². The summed E-state index contributed by atoms with van der Waals surface area (Å²) in [4.78, 5) is 27.5. The molecule has 2 heterocycles. The lowest BCUT2D eigenvalue weighted by atomic mass is 9.96. The van der Waals surface area contributed by atoms with Gasteiger partial charge in [-0.05, 0) is 76.4 Å². The predicted molar refractivity (Wildman–Crippen MR) is 213 cm³/mol. The second-order valence-corrected chi connectivity index (χ2v) is 14.0. The molecule has 0 atom stereocenters. The molecule has 0 unspecified atom stereocenters. The van der Waals surface area contributed by atoms with Crippen molar-refractivity contribution in [2.24, 2.45) is 0 Å². The molecule has 0 aromatic heterocycles. The van der Waals surface area contributed by atoms with Crippen LogP contribution in [0.3, 0.4) is 0 Å². The van der Waals surface area contributed by atoms with Crippen molar-refractivity contribution in [3.8, 4) is 22.6 Å². The van der Waals surface area contributed by atoms with E-state index in [1.165, 1.54) is 16.7 Å².